The lowest BCUT2D eigenvalue weighted by Gasteiger charge is -2.34. The molecule has 48 heavy (non-hydrogen) atoms. The molecule has 14 heteroatoms. The maximum Gasteiger partial charge on any atom is 0.442 e. The molecule has 4 saturated heterocycles. The van der Waals surface area contributed by atoms with Gasteiger partial charge in [0.05, 0.1) is 16.5 Å². The number of nitrogens with zero attached hydrogens (tertiary/aromatic N) is 5. The second-order valence-corrected chi connectivity index (χ2v) is 14.5. The SMILES string of the molecule is C#Cc1c(F)ccc2cc(O)cc(-c3ncc4c(N5CC6CCC(C5)N6)nc(OCC56CCCN5CC(SC(F)(F)F)C6)nc4c3F)c12. The molecule has 4 aliphatic heterocycles. The Labute approximate surface area is 277 Å². The van der Waals surface area contributed by atoms with E-state index in [4.69, 9.17) is 16.1 Å². The van der Waals surface area contributed by atoms with Gasteiger partial charge in [-0.3, -0.25) is 9.88 Å². The van der Waals surface area contributed by atoms with Gasteiger partial charge in [-0.25, -0.2) is 8.78 Å². The highest BCUT2D eigenvalue weighted by atomic mass is 32.2. The highest BCUT2D eigenvalue weighted by Gasteiger charge is 2.51. The highest BCUT2D eigenvalue weighted by Crippen LogP contribution is 2.47. The van der Waals surface area contributed by atoms with Crippen molar-refractivity contribution in [1.29, 1.82) is 0 Å². The normalized spacial score (nSPS) is 25.6. The van der Waals surface area contributed by atoms with Gasteiger partial charge >= 0.3 is 11.5 Å². The molecular formula is C34H31F5N6O2S. The molecule has 4 atom stereocenters. The van der Waals surface area contributed by atoms with Gasteiger partial charge in [0.15, 0.2) is 5.82 Å². The number of nitrogens with one attached hydrogen (secondary N) is 1. The molecule has 2 N–H and O–H groups in total. The van der Waals surface area contributed by atoms with Crippen molar-refractivity contribution in [3.05, 3.63) is 47.7 Å². The highest BCUT2D eigenvalue weighted by molar-refractivity contribution is 8.00. The van der Waals surface area contributed by atoms with Gasteiger partial charge in [-0.2, -0.15) is 23.1 Å². The zero-order chi connectivity index (χ0) is 33.4. The van der Waals surface area contributed by atoms with E-state index in [1.165, 1.54) is 30.5 Å². The van der Waals surface area contributed by atoms with Crippen molar-refractivity contribution in [3.63, 3.8) is 0 Å². The van der Waals surface area contributed by atoms with Crippen LogP contribution in [0, 0.1) is 24.0 Å². The van der Waals surface area contributed by atoms with Crippen LogP contribution in [0.1, 0.15) is 37.7 Å². The summed E-state index contributed by atoms with van der Waals surface area (Å²) in [6, 6.07) is 5.71. The molecule has 4 aromatic rings. The van der Waals surface area contributed by atoms with Gasteiger partial charge < -0.3 is 20.1 Å². The van der Waals surface area contributed by atoms with Gasteiger partial charge in [-0.05, 0) is 74.0 Å². The number of terminal acetylenes is 1. The molecule has 0 spiro atoms. The zero-order valence-corrected chi connectivity index (χ0v) is 26.5. The fraction of sp³-hybridized carbons (Fsp3) is 0.441. The summed E-state index contributed by atoms with van der Waals surface area (Å²) in [5.41, 5.74) is -5.20. The first-order chi connectivity index (χ1) is 23.0. The van der Waals surface area contributed by atoms with Crippen LogP contribution >= 0.6 is 11.8 Å². The lowest BCUT2D eigenvalue weighted by molar-refractivity contribution is -0.0333. The minimum absolute atomic E-state index is 0.0261. The summed E-state index contributed by atoms with van der Waals surface area (Å²) in [7, 11) is 0. The van der Waals surface area contributed by atoms with Crippen molar-refractivity contribution in [1.82, 2.24) is 25.2 Å². The molecule has 8 rings (SSSR count). The largest absolute Gasteiger partial charge is 0.508 e. The van der Waals surface area contributed by atoms with Gasteiger partial charge in [-0.15, -0.1) is 6.42 Å². The molecule has 4 unspecified atom stereocenters. The maximum absolute atomic E-state index is 16.8. The van der Waals surface area contributed by atoms with Gasteiger partial charge in [0.2, 0.25) is 0 Å². The summed E-state index contributed by atoms with van der Waals surface area (Å²) >= 11 is 0.0261. The average molecular weight is 683 g/mol. The minimum atomic E-state index is -4.33. The number of fused-ring (bicyclic) bond motifs is 5. The van der Waals surface area contributed by atoms with E-state index >= 15 is 4.39 Å². The Bertz CT molecular complexity index is 1980. The Kier molecular flexibility index (Phi) is 7.57. The Balaban J connectivity index is 1.22. The fourth-order valence-corrected chi connectivity index (χ4v) is 9.20. The van der Waals surface area contributed by atoms with Crippen LogP contribution in [0.4, 0.5) is 27.8 Å². The summed E-state index contributed by atoms with van der Waals surface area (Å²) in [5, 5.41) is 14.5. The number of thioether (sulfide) groups is 1. The molecular weight excluding hydrogens is 651 g/mol. The molecule has 250 valence electrons. The lowest BCUT2D eigenvalue weighted by Crippen LogP contribution is -2.51. The number of anilines is 1. The van der Waals surface area contributed by atoms with Gasteiger partial charge in [0.25, 0.3) is 0 Å². The summed E-state index contributed by atoms with van der Waals surface area (Å²) in [6.07, 6.45) is 10.9. The number of aromatic hydroxyl groups is 1. The van der Waals surface area contributed by atoms with Gasteiger partial charge in [0.1, 0.15) is 35.2 Å². The number of phenolic OH excluding ortho intramolecular Hbond substituents is 1. The van der Waals surface area contributed by atoms with E-state index in [1.54, 1.807) is 0 Å². The standard InChI is InChI=1S/C34H31F5N6O2S/c1-2-23-26(35)7-4-18-10-21(46)11-24(27(18)23)29-28(36)30-25(13-40-29)31(44-14-19-5-6-20(15-44)41-19)43-32(42-30)47-17-33-8-3-9-45(33)16-22(12-33)48-34(37,38)39/h1,4,7,10-11,13,19-20,22,41,46H,3,5-6,8-9,12,14-17H2. The van der Waals surface area contributed by atoms with Crippen molar-refractivity contribution in [2.45, 2.75) is 60.5 Å². The number of piperazine rings is 1. The number of aromatic nitrogens is 3. The predicted octanol–water partition coefficient (Wildman–Crippen LogP) is 5.99. The summed E-state index contributed by atoms with van der Waals surface area (Å²) < 4.78 is 77.6. The lowest BCUT2D eigenvalue weighted by atomic mass is 9.95. The third kappa shape index (κ3) is 5.45. The average Bonchev–Trinajstić information content (AvgIpc) is 3.69. The molecule has 0 saturated carbocycles. The molecule has 4 aliphatic rings. The van der Waals surface area contributed by atoms with E-state index in [0.717, 1.165) is 19.3 Å². The smallest absolute Gasteiger partial charge is 0.442 e. The van der Waals surface area contributed by atoms with Crippen molar-refractivity contribution in [2.24, 2.45) is 0 Å². The summed E-state index contributed by atoms with van der Waals surface area (Å²) in [6.45, 7) is 2.29. The minimum Gasteiger partial charge on any atom is -0.508 e. The van der Waals surface area contributed by atoms with Crippen LogP contribution in [0.5, 0.6) is 11.8 Å². The first kappa shape index (κ1) is 31.3. The van der Waals surface area contributed by atoms with Crippen LogP contribution in [0.3, 0.4) is 0 Å². The van der Waals surface area contributed by atoms with Crippen molar-refractivity contribution in [3.8, 4) is 35.4 Å². The number of halogens is 5. The van der Waals surface area contributed by atoms with Crippen molar-refractivity contribution >= 4 is 39.3 Å². The number of hydrogen-bond donors (Lipinski definition) is 2. The monoisotopic (exact) mass is 682 g/mol. The van der Waals surface area contributed by atoms with Crippen LogP contribution in [0.15, 0.2) is 30.5 Å². The Morgan fingerprint density at radius 3 is 2.67 bits per heavy atom. The number of alkyl halides is 3. The Morgan fingerprint density at radius 2 is 1.92 bits per heavy atom. The van der Waals surface area contributed by atoms with E-state index < -0.39 is 27.9 Å². The zero-order valence-electron chi connectivity index (χ0n) is 25.7. The Hall–Kier alpha value is -3.93. The van der Waals surface area contributed by atoms with E-state index in [2.05, 4.69) is 31.0 Å². The molecule has 0 amide bonds. The number of benzene rings is 2. The number of hydrogen-bond acceptors (Lipinski definition) is 9. The van der Waals surface area contributed by atoms with Gasteiger partial charge in [-0.1, -0.05) is 12.0 Å². The quantitative estimate of drug-likeness (QED) is 0.188. The van der Waals surface area contributed by atoms with Crippen LogP contribution in [-0.2, 0) is 0 Å². The molecule has 8 nitrogen and oxygen atoms in total. The Morgan fingerprint density at radius 1 is 1.12 bits per heavy atom. The van der Waals surface area contributed by atoms with Crippen molar-refractivity contribution < 1.29 is 31.8 Å². The second kappa shape index (κ2) is 11.6. The molecule has 2 aromatic heterocycles. The number of rotatable bonds is 6. The van der Waals surface area contributed by atoms with E-state index in [-0.39, 0.29) is 69.9 Å². The molecule has 6 heterocycles. The summed E-state index contributed by atoms with van der Waals surface area (Å²) in [4.78, 5) is 17.9. The third-order valence-electron chi connectivity index (χ3n) is 10.2. The molecule has 0 aliphatic carbocycles. The first-order valence-electron chi connectivity index (χ1n) is 15.9. The molecule has 2 aromatic carbocycles. The van der Waals surface area contributed by atoms with E-state index in [0.29, 0.717) is 55.6 Å². The summed E-state index contributed by atoms with van der Waals surface area (Å²) in [5.74, 6) is 1.10. The second-order valence-electron chi connectivity index (χ2n) is 13.2. The predicted molar refractivity (Wildman–Crippen MR) is 173 cm³/mol. The van der Waals surface area contributed by atoms with Crippen molar-refractivity contribution in [2.75, 3.05) is 37.7 Å². The van der Waals surface area contributed by atoms with Crippen LogP contribution in [0.2, 0.25) is 0 Å². The number of ether oxygens (including phenoxy) is 1. The van der Waals surface area contributed by atoms with Gasteiger partial charge in [0, 0.05) is 54.1 Å². The third-order valence-corrected chi connectivity index (χ3v) is 11.1. The fourth-order valence-electron chi connectivity index (χ4n) is 8.17. The number of pyridine rings is 1. The molecule has 2 bridgehead atoms. The molecule has 0 radical (unpaired) electrons. The number of phenols is 1. The van der Waals surface area contributed by atoms with Crippen LogP contribution in [0.25, 0.3) is 32.9 Å². The first-order valence-corrected chi connectivity index (χ1v) is 16.8. The van der Waals surface area contributed by atoms with Crippen LogP contribution in [-0.4, -0.2) is 86.1 Å². The van der Waals surface area contributed by atoms with E-state index in [1.807, 2.05) is 0 Å². The maximum atomic E-state index is 16.8. The van der Waals surface area contributed by atoms with E-state index in [9.17, 15) is 22.7 Å². The molecule has 4 fully saturated rings. The topological polar surface area (TPSA) is 86.6 Å². The van der Waals surface area contributed by atoms with Crippen LogP contribution < -0.4 is 15.0 Å².